The standard InChI is InChI=1S/C12H11NO2/c1-15-12-7-10-3-2-9(4-5-14)6-11(10)8-13-12/h2-3,5-8H,4H2,1H3. The summed E-state index contributed by atoms with van der Waals surface area (Å²) in [6.07, 6.45) is 3.10. The van der Waals surface area contributed by atoms with Crippen molar-refractivity contribution >= 4 is 17.1 Å². The quantitative estimate of drug-likeness (QED) is 0.713. The van der Waals surface area contributed by atoms with Crippen molar-refractivity contribution in [3.63, 3.8) is 0 Å². The third-order valence-corrected chi connectivity index (χ3v) is 2.29. The normalized spacial score (nSPS) is 10.2. The Labute approximate surface area is 87.7 Å². The van der Waals surface area contributed by atoms with Gasteiger partial charge in [-0.25, -0.2) is 4.98 Å². The minimum atomic E-state index is 0.446. The van der Waals surface area contributed by atoms with E-state index in [1.165, 1.54) is 0 Å². The Morgan fingerprint density at radius 3 is 2.93 bits per heavy atom. The van der Waals surface area contributed by atoms with E-state index in [9.17, 15) is 4.79 Å². The van der Waals surface area contributed by atoms with Crippen LogP contribution in [0.3, 0.4) is 0 Å². The van der Waals surface area contributed by atoms with Gasteiger partial charge in [0.2, 0.25) is 5.88 Å². The molecule has 0 saturated heterocycles. The van der Waals surface area contributed by atoms with Crippen molar-refractivity contribution in [1.82, 2.24) is 4.98 Å². The zero-order valence-corrected chi connectivity index (χ0v) is 8.43. The van der Waals surface area contributed by atoms with Crippen LogP contribution in [0.1, 0.15) is 5.56 Å². The lowest BCUT2D eigenvalue weighted by molar-refractivity contribution is -0.107. The number of hydrogen-bond acceptors (Lipinski definition) is 3. The average Bonchev–Trinajstić information content (AvgIpc) is 2.29. The van der Waals surface area contributed by atoms with Gasteiger partial charge in [-0.05, 0) is 17.0 Å². The number of carbonyl (C=O) groups excluding carboxylic acids is 1. The van der Waals surface area contributed by atoms with E-state index in [0.29, 0.717) is 12.3 Å². The first-order valence-electron chi connectivity index (χ1n) is 4.70. The first-order chi connectivity index (χ1) is 7.33. The second-order valence-electron chi connectivity index (χ2n) is 3.28. The van der Waals surface area contributed by atoms with Crippen molar-refractivity contribution in [3.05, 3.63) is 36.0 Å². The second kappa shape index (κ2) is 4.09. The summed E-state index contributed by atoms with van der Waals surface area (Å²) in [6, 6.07) is 7.75. The van der Waals surface area contributed by atoms with E-state index in [0.717, 1.165) is 22.6 Å². The van der Waals surface area contributed by atoms with E-state index < -0.39 is 0 Å². The zero-order chi connectivity index (χ0) is 10.7. The summed E-state index contributed by atoms with van der Waals surface area (Å²) in [5, 5.41) is 2.09. The van der Waals surface area contributed by atoms with Gasteiger partial charge in [-0.15, -0.1) is 0 Å². The number of carbonyl (C=O) groups is 1. The van der Waals surface area contributed by atoms with Gasteiger partial charge in [-0.1, -0.05) is 12.1 Å². The van der Waals surface area contributed by atoms with Gasteiger partial charge in [0.25, 0.3) is 0 Å². The number of ether oxygens (including phenoxy) is 1. The summed E-state index contributed by atoms with van der Waals surface area (Å²) in [5.74, 6) is 0.602. The number of methoxy groups -OCH3 is 1. The predicted octanol–water partition coefficient (Wildman–Crippen LogP) is 1.98. The Kier molecular flexibility index (Phi) is 2.63. The molecule has 0 unspecified atom stereocenters. The van der Waals surface area contributed by atoms with Crippen molar-refractivity contribution < 1.29 is 9.53 Å². The predicted molar refractivity (Wildman–Crippen MR) is 58.1 cm³/mol. The molecule has 76 valence electrons. The molecule has 0 aliphatic heterocycles. The van der Waals surface area contributed by atoms with Crippen LogP contribution in [0.2, 0.25) is 0 Å². The molecule has 1 aromatic heterocycles. The maximum absolute atomic E-state index is 10.4. The van der Waals surface area contributed by atoms with Crippen molar-refractivity contribution in [3.8, 4) is 5.88 Å². The van der Waals surface area contributed by atoms with Crippen LogP contribution < -0.4 is 4.74 Å². The summed E-state index contributed by atoms with van der Waals surface area (Å²) < 4.78 is 5.03. The maximum atomic E-state index is 10.4. The van der Waals surface area contributed by atoms with Crippen LogP contribution in [0.5, 0.6) is 5.88 Å². The Balaban J connectivity index is 2.49. The fourth-order valence-corrected chi connectivity index (χ4v) is 1.51. The highest BCUT2D eigenvalue weighted by Gasteiger charge is 1.99. The maximum Gasteiger partial charge on any atom is 0.213 e. The molecule has 0 aliphatic rings. The van der Waals surface area contributed by atoms with Gasteiger partial charge >= 0.3 is 0 Å². The van der Waals surface area contributed by atoms with Crippen molar-refractivity contribution in [2.45, 2.75) is 6.42 Å². The zero-order valence-electron chi connectivity index (χ0n) is 8.43. The summed E-state index contributed by atoms with van der Waals surface area (Å²) in [4.78, 5) is 14.5. The van der Waals surface area contributed by atoms with Crippen molar-refractivity contribution in [2.75, 3.05) is 7.11 Å². The second-order valence-corrected chi connectivity index (χ2v) is 3.28. The lowest BCUT2D eigenvalue weighted by Crippen LogP contribution is -1.89. The van der Waals surface area contributed by atoms with E-state index in [-0.39, 0.29) is 0 Å². The molecule has 0 radical (unpaired) electrons. The molecular weight excluding hydrogens is 190 g/mol. The number of hydrogen-bond donors (Lipinski definition) is 0. The van der Waals surface area contributed by atoms with E-state index in [1.54, 1.807) is 13.3 Å². The molecule has 3 nitrogen and oxygen atoms in total. The molecule has 0 amide bonds. The lowest BCUT2D eigenvalue weighted by Gasteiger charge is -2.02. The Bertz CT molecular complexity index is 494. The summed E-state index contributed by atoms with van der Waals surface area (Å²) in [6.45, 7) is 0. The van der Waals surface area contributed by atoms with Crippen LogP contribution in [0, 0.1) is 0 Å². The lowest BCUT2D eigenvalue weighted by atomic mass is 10.1. The smallest absolute Gasteiger partial charge is 0.213 e. The monoisotopic (exact) mass is 201 g/mol. The van der Waals surface area contributed by atoms with Crippen LogP contribution in [-0.4, -0.2) is 18.4 Å². The molecule has 0 saturated carbocycles. The largest absolute Gasteiger partial charge is 0.481 e. The summed E-state index contributed by atoms with van der Waals surface area (Å²) in [7, 11) is 1.59. The van der Waals surface area contributed by atoms with Gasteiger partial charge in [0.15, 0.2) is 0 Å². The van der Waals surface area contributed by atoms with Crippen LogP contribution >= 0.6 is 0 Å². The molecule has 0 atom stereocenters. The van der Waals surface area contributed by atoms with Crippen molar-refractivity contribution in [2.24, 2.45) is 0 Å². The highest BCUT2D eigenvalue weighted by molar-refractivity contribution is 5.83. The molecule has 1 aromatic carbocycles. The molecular formula is C12H11NO2. The molecule has 1 heterocycles. The summed E-state index contributed by atoms with van der Waals surface area (Å²) in [5.41, 5.74) is 1.00. The number of pyridine rings is 1. The van der Waals surface area contributed by atoms with E-state index in [4.69, 9.17) is 4.74 Å². The fourth-order valence-electron chi connectivity index (χ4n) is 1.51. The van der Waals surface area contributed by atoms with Gasteiger partial charge in [-0.2, -0.15) is 0 Å². The first kappa shape index (κ1) is 9.65. The number of rotatable bonds is 3. The molecule has 3 heteroatoms. The number of benzene rings is 1. The molecule has 0 bridgehead atoms. The first-order valence-corrected chi connectivity index (χ1v) is 4.70. The van der Waals surface area contributed by atoms with Crippen LogP contribution in [0.15, 0.2) is 30.5 Å². The fraction of sp³-hybridized carbons (Fsp3) is 0.167. The molecule has 2 rings (SSSR count). The molecule has 0 aliphatic carbocycles. The van der Waals surface area contributed by atoms with Gasteiger partial charge in [0.05, 0.1) is 7.11 Å². The number of aldehydes is 1. The summed E-state index contributed by atoms with van der Waals surface area (Å²) >= 11 is 0. The molecule has 0 N–H and O–H groups in total. The molecule has 2 aromatic rings. The topological polar surface area (TPSA) is 39.2 Å². The Morgan fingerprint density at radius 1 is 1.33 bits per heavy atom. The third kappa shape index (κ3) is 1.96. The highest BCUT2D eigenvalue weighted by Crippen LogP contribution is 2.19. The van der Waals surface area contributed by atoms with Gasteiger partial charge in [0.1, 0.15) is 6.29 Å². The van der Waals surface area contributed by atoms with Crippen molar-refractivity contribution in [1.29, 1.82) is 0 Å². The van der Waals surface area contributed by atoms with Crippen LogP contribution in [-0.2, 0) is 11.2 Å². The SMILES string of the molecule is COc1cc2ccc(CC=O)cc2cn1. The number of nitrogens with zero attached hydrogens (tertiary/aromatic N) is 1. The highest BCUT2D eigenvalue weighted by atomic mass is 16.5. The Morgan fingerprint density at radius 2 is 2.20 bits per heavy atom. The van der Waals surface area contributed by atoms with Gasteiger partial charge < -0.3 is 9.53 Å². The Hall–Kier alpha value is -1.90. The number of aromatic nitrogens is 1. The third-order valence-electron chi connectivity index (χ3n) is 2.29. The van der Waals surface area contributed by atoms with E-state index in [2.05, 4.69) is 4.98 Å². The average molecular weight is 201 g/mol. The molecule has 15 heavy (non-hydrogen) atoms. The molecule has 0 fully saturated rings. The van der Waals surface area contributed by atoms with Gasteiger partial charge in [0, 0.05) is 24.1 Å². The van der Waals surface area contributed by atoms with Crippen LogP contribution in [0.4, 0.5) is 0 Å². The number of fused-ring (bicyclic) bond motifs is 1. The molecule has 0 spiro atoms. The minimum Gasteiger partial charge on any atom is -0.481 e. The van der Waals surface area contributed by atoms with E-state index in [1.807, 2.05) is 24.3 Å². The van der Waals surface area contributed by atoms with Crippen LogP contribution in [0.25, 0.3) is 10.8 Å². The van der Waals surface area contributed by atoms with Gasteiger partial charge in [-0.3, -0.25) is 0 Å². The van der Waals surface area contributed by atoms with E-state index >= 15 is 0 Å². The minimum absolute atomic E-state index is 0.446.